The van der Waals surface area contributed by atoms with Gasteiger partial charge in [0.2, 0.25) is 0 Å². The minimum Gasteiger partial charge on any atom is -0.481 e. The van der Waals surface area contributed by atoms with Gasteiger partial charge in [0.25, 0.3) is 5.91 Å². The van der Waals surface area contributed by atoms with Gasteiger partial charge in [-0.3, -0.25) is 9.59 Å². The largest absolute Gasteiger partial charge is 0.481 e. The van der Waals surface area contributed by atoms with Gasteiger partial charge in [-0.05, 0) is 38.8 Å². The second-order valence-corrected chi connectivity index (χ2v) is 6.84. The van der Waals surface area contributed by atoms with Crippen molar-refractivity contribution in [3.8, 4) is 5.69 Å². The van der Waals surface area contributed by atoms with E-state index in [4.69, 9.17) is 5.11 Å². The van der Waals surface area contributed by atoms with Gasteiger partial charge in [0, 0.05) is 12.5 Å². The lowest BCUT2D eigenvalue weighted by molar-refractivity contribution is -0.146. The molecule has 0 spiro atoms. The molecule has 0 saturated heterocycles. The summed E-state index contributed by atoms with van der Waals surface area (Å²) in [5.74, 6) is -0.875. The molecule has 6 heteroatoms. The number of nitrogens with zero attached hydrogens (tertiary/aromatic N) is 2. The number of amides is 1. The van der Waals surface area contributed by atoms with Gasteiger partial charge in [0.1, 0.15) is 0 Å². The maximum atomic E-state index is 12.6. The summed E-state index contributed by atoms with van der Waals surface area (Å²) in [7, 11) is 0. The Morgan fingerprint density at radius 1 is 1.29 bits per heavy atom. The van der Waals surface area contributed by atoms with Crippen LogP contribution < -0.4 is 5.32 Å². The molecule has 0 aliphatic heterocycles. The number of hydrogen-bond donors (Lipinski definition) is 2. The van der Waals surface area contributed by atoms with Crippen LogP contribution in [0.5, 0.6) is 0 Å². The molecule has 3 rings (SSSR count). The highest BCUT2D eigenvalue weighted by Gasteiger charge is 2.34. The van der Waals surface area contributed by atoms with Crippen LogP contribution in [0.4, 0.5) is 0 Å². The van der Waals surface area contributed by atoms with Crippen LogP contribution in [-0.2, 0) is 4.79 Å². The molecule has 126 valence electrons. The SMILES string of the molecule is CC(C)(CNC(=O)c1cnn(-c2ccccc2)c1C1CC1)C(=O)O. The molecule has 0 bridgehead atoms. The Hall–Kier alpha value is -2.63. The summed E-state index contributed by atoms with van der Waals surface area (Å²) >= 11 is 0. The fraction of sp³-hybridized carbons (Fsp3) is 0.389. The zero-order valence-corrected chi connectivity index (χ0v) is 13.8. The van der Waals surface area contributed by atoms with Crippen LogP contribution >= 0.6 is 0 Å². The van der Waals surface area contributed by atoms with Gasteiger partial charge < -0.3 is 10.4 Å². The van der Waals surface area contributed by atoms with Crippen LogP contribution in [0, 0.1) is 5.41 Å². The van der Waals surface area contributed by atoms with E-state index >= 15 is 0 Å². The number of rotatable bonds is 6. The monoisotopic (exact) mass is 327 g/mol. The van der Waals surface area contributed by atoms with Gasteiger partial charge in [0.15, 0.2) is 0 Å². The Labute approximate surface area is 140 Å². The normalized spacial score (nSPS) is 14.4. The Morgan fingerprint density at radius 3 is 2.54 bits per heavy atom. The second-order valence-electron chi connectivity index (χ2n) is 6.84. The van der Waals surface area contributed by atoms with Crippen LogP contribution in [0.15, 0.2) is 36.5 Å². The first-order valence-corrected chi connectivity index (χ1v) is 8.05. The summed E-state index contributed by atoms with van der Waals surface area (Å²) < 4.78 is 1.81. The third-order valence-corrected chi connectivity index (χ3v) is 4.29. The Bertz CT molecular complexity index is 761. The average Bonchev–Trinajstić information content (AvgIpc) is 3.31. The van der Waals surface area contributed by atoms with Crippen molar-refractivity contribution in [3.05, 3.63) is 47.8 Å². The molecule has 1 heterocycles. The van der Waals surface area contributed by atoms with Crippen molar-refractivity contribution >= 4 is 11.9 Å². The Balaban J connectivity index is 1.85. The molecule has 0 unspecified atom stereocenters. The first kappa shape index (κ1) is 16.2. The molecule has 1 amide bonds. The van der Waals surface area contributed by atoms with Gasteiger partial charge in [-0.2, -0.15) is 5.10 Å². The fourth-order valence-electron chi connectivity index (χ4n) is 2.53. The summed E-state index contributed by atoms with van der Waals surface area (Å²) in [5.41, 5.74) is 1.35. The summed E-state index contributed by atoms with van der Waals surface area (Å²) in [6.07, 6.45) is 3.66. The Morgan fingerprint density at radius 2 is 1.96 bits per heavy atom. The van der Waals surface area contributed by atoms with Crippen molar-refractivity contribution in [3.63, 3.8) is 0 Å². The van der Waals surface area contributed by atoms with Gasteiger partial charge in [0.05, 0.1) is 28.6 Å². The molecule has 2 aromatic rings. The maximum Gasteiger partial charge on any atom is 0.310 e. The molecule has 6 nitrogen and oxygen atoms in total. The number of benzene rings is 1. The number of carbonyl (C=O) groups is 2. The van der Waals surface area contributed by atoms with E-state index in [0.717, 1.165) is 24.2 Å². The van der Waals surface area contributed by atoms with Crippen molar-refractivity contribution in [1.82, 2.24) is 15.1 Å². The minimum atomic E-state index is -1.01. The summed E-state index contributed by atoms with van der Waals surface area (Å²) in [4.78, 5) is 23.7. The predicted octanol–water partition coefficient (Wildman–Crippen LogP) is 2.59. The first-order chi connectivity index (χ1) is 11.4. The highest BCUT2D eigenvalue weighted by molar-refractivity contribution is 5.96. The third kappa shape index (κ3) is 3.18. The topological polar surface area (TPSA) is 84.2 Å². The van der Waals surface area contributed by atoms with Crippen molar-refractivity contribution in [2.24, 2.45) is 5.41 Å². The zero-order chi connectivity index (χ0) is 17.3. The maximum absolute atomic E-state index is 12.6. The Kier molecular flexibility index (Phi) is 4.13. The minimum absolute atomic E-state index is 0.0712. The smallest absolute Gasteiger partial charge is 0.310 e. The molecule has 1 fully saturated rings. The van der Waals surface area contributed by atoms with Gasteiger partial charge in [-0.1, -0.05) is 18.2 Å². The number of aliphatic carboxylic acids is 1. The van der Waals surface area contributed by atoms with E-state index in [1.54, 1.807) is 20.0 Å². The first-order valence-electron chi connectivity index (χ1n) is 8.05. The van der Waals surface area contributed by atoms with E-state index < -0.39 is 11.4 Å². The number of nitrogens with one attached hydrogen (secondary N) is 1. The van der Waals surface area contributed by atoms with E-state index in [-0.39, 0.29) is 12.5 Å². The number of aromatic nitrogens is 2. The van der Waals surface area contributed by atoms with E-state index in [0.29, 0.717) is 11.5 Å². The summed E-state index contributed by atoms with van der Waals surface area (Å²) in [5, 5.41) is 16.3. The number of carbonyl (C=O) groups excluding carboxylic acids is 1. The van der Waals surface area contributed by atoms with Crippen molar-refractivity contribution in [2.75, 3.05) is 6.54 Å². The van der Waals surface area contributed by atoms with Gasteiger partial charge in [-0.15, -0.1) is 0 Å². The number of para-hydroxylation sites is 1. The molecule has 1 aromatic carbocycles. The van der Waals surface area contributed by atoms with E-state index in [1.807, 2.05) is 35.0 Å². The van der Waals surface area contributed by atoms with Crippen LogP contribution in [0.3, 0.4) is 0 Å². The molecule has 1 saturated carbocycles. The summed E-state index contributed by atoms with van der Waals surface area (Å²) in [6, 6.07) is 9.71. The zero-order valence-electron chi connectivity index (χ0n) is 13.8. The lowest BCUT2D eigenvalue weighted by atomic mass is 9.94. The molecule has 1 aromatic heterocycles. The van der Waals surface area contributed by atoms with E-state index in [1.165, 1.54) is 0 Å². The quantitative estimate of drug-likeness (QED) is 0.854. The molecule has 0 radical (unpaired) electrons. The lowest BCUT2D eigenvalue weighted by Gasteiger charge is -2.19. The van der Waals surface area contributed by atoms with Crippen molar-refractivity contribution in [1.29, 1.82) is 0 Å². The van der Waals surface area contributed by atoms with E-state index in [2.05, 4.69) is 10.4 Å². The van der Waals surface area contributed by atoms with Crippen LogP contribution in [-0.4, -0.2) is 33.3 Å². The van der Waals surface area contributed by atoms with E-state index in [9.17, 15) is 9.59 Å². The third-order valence-electron chi connectivity index (χ3n) is 4.29. The van der Waals surface area contributed by atoms with Crippen LogP contribution in [0.25, 0.3) is 5.69 Å². The molecule has 1 aliphatic rings. The van der Waals surface area contributed by atoms with Crippen molar-refractivity contribution < 1.29 is 14.7 Å². The number of carboxylic acid groups (broad SMARTS) is 1. The molecular formula is C18H21N3O3. The molecule has 0 atom stereocenters. The predicted molar refractivity (Wildman–Crippen MR) is 89.3 cm³/mol. The summed E-state index contributed by atoms with van der Waals surface area (Å²) in [6.45, 7) is 3.25. The van der Waals surface area contributed by atoms with Gasteiger partial charge >= 0.3 is 5.97 Å². The highest BCUT2D eigenvalue weighted by Crippen LogP contribution is 2.42. The highest BCUT2D eigenvalue weighted by atomic mass is 16.4. The van der Waals surface area contributed by atoms with Crippen LogP contribution in [0.1, 0.15) is 48.7 Å². The molecule has 2 N–H and O–H groups in total. The van der Waals surface area contributed by atoms with Gasteiger partial charge in [-0.25, -0.2) is 4.68 Å². The van der Waals surface area contributed by atoms with Crippen LogP contribution in [0.2, 0.25) is 0 Å². The number of carboxylic acids is 1. The molecule has 1 aliphatic carbocycles. The van der Waals surface area contributed by atoms with Crippen molar-refractivity contribution in [2.45, 2.75) is 32.6 Å². The average molecular weight is 327 g/mol. The number of hydrogen-bond acceptors (Lipinski definition) is 3. The fourth-order valence-corrected chi connectivity index (χ4v) is 2.53. The molecule has 24 heavy (non-hydrogen) atoms. The molecular weight excluding hydrogens is 306 g/mol. The lowest BCUT2D eigenvalue weighted by Crippen LogP contribution is -2.39. The standard InChI is InChI=1S/C18H21N3O3/c1-18(2,17(23)24)11-19-16(22)14-10-20-21(15(14)12-8-9-12)13-6-4-3-5-7-13/h3-7,10,12H,8-9,11H2,1-2H3,(H,19,22)(H,23,24). The second kappa shape index (κ2) is 6.11.